The van der Waals surface area contributed by atoms with Gasteiger partial charge in [-0.3, -0.25) is 9.59 Å². The number of phenolic OH excluding ortho intramolecular Hbond substituents is 1. The van der Waals surface area contributed by atoms with Crippen LogP contribution >= 0.6 is 0 Å². The summed E-state index contributed by atoms with van der Waals surface area (Å²) in [7, 11) is 0. The number of carbonyl (C=O) groups excluding carboxylic acids is 2. The number of anilines is 1. The molecule has 0 spiro atoms. The van der Waals surface area contributed by atoms with Crippen LogP contribution < -0.4 is 10.6 Å². The molecular formula is C17H16N6O3. The molecule has 0 radical (unpaired) electrons. The third kappa shape index (κ3) is 4.63. The summed E-state index contributed by atoms with van der Waals surface area (Å²) >= 11 is 0. The Balaban J connectivity index is 1.46. The third-order valence-corrected chi connectivity index (χ3v) is 3.52. The highest BCUT2D eigenvalue weighted by Crippen LogP contribution is 2.16. The first-order valence-corrected chi connectivity index (χ1v) is 7.78. The fourth-order valence-corrected chi connectivity index (χ4v) is 2.23. The third-order valence-electron chi connectivity index (χ3n) is 3.52. The van der Waals surface area contributed by atoms with Gasteiger partial charge in [-0.25, -0.2) is 0 Å². The molecule has 4 N–H and O–H groups in total. The van der Waals surface area contributed by atoms with Gasteiger partial charge in [0.15, 0.2) is 0 Å². The van der Waals surface area contributed by atoms with Crippen molar-refractivity contribution in [2.24, 2.45) is 0 Å². The van der Waals surface area contributed by atoms with Crippen molar-refractivity contribution in [2.75, 3.05) is 11.9 Å². The fraction of sp³-hybridized carbons (Fsp3) is 0.118. The molecule has 0 atom stereocenters. The van der Waals surface area contributed by atoms with Gasteiger partial charge in [0.2, 0.25) is 17.6 Å². The molecule has 0 saturated carbocycles. The van der Waals surface area contributed by atoms with E-state index in [1.807, 2.05) is 0 Å². The number of nitrogens with zero attached hydrogens (tertiary/aromatic N) is 3. The normalized spacial score (nSPS) is 10.3. The van der Waals surface area contributed by atoms with Gasteiger partial charge < -0.3 is 15.7 Å². The smallest absolute Gasteiger partial charge is 0.243 e. The number of hydrogen-bond acceptors (Lipinski definition) is 6. The summed E-state index contributed by atoms with van der Waals surface area (Å²) in [5.41, 5.74) is 2.10. The maximum absolute atomic E-state index is 11.9. The molecule has 3 rings (SSSR count). The van der Waals surface area contributed by atoms with Crippen molar-refractivity contribution in [1.29, 1.82) is 0 Å². The number of tetrazole rings is 1. The molecule has 9 nitrogen and oxygen atoms in total. The molecule has 132 valence electrons. The van der Waals surface area contributed by atoms with Crippen LogP contribution in [0.3, 0.4) is 0 Å². The van der Waals surface area contributed by atoms with Crippen LogP contribution in [-0.4, -0.2) is 44.1 Å². The van der Waals surface area contributed by atoms with Crippen molar-refractivity contribution < 1.29 is 14.7 Å². The Kier molecular flexibility index (Phi) is 5.18. The maximum Gasteiger partial charge on any atom is 0.243 e. The molecule has 0 aliphatic heterocycles. The van der Waals surface area contributed by atoms with E-state index >= 15 is 0 Å². The Morgan fingerprint density at radius 2 is 1.73 bits per heavy atom. The first-order chi connectivity index (χ1) is 12.6. The van der Waals surface area contributed by atoms with Crippen LogP contribution in [0.15, 0.2) is 48.5 Å². The van der Waals surface area contributed by atoms with E-state index in [0.29, 0.717) is 11.5 Å². The molecule has 3 aromatic rings. The fourth-order valence-electron chi connectivity index (χ4n) is 2.23. The standard InChI is InChI=1S/C17H16N6O3/c24-14-7-1-11(2-8-14)9-15(25)18-10-16(26)19-13-5-3-12(4-6-13)17-20-22-23-21-17/h1-8,24H,9-10H2,(H,18,25)(H,19,26)(H,20,21,22,23). The van der Waals surface area contributed by atoms with E-state index in [9.17, 15) is 14.7 Å². The van der Waals surface area contributed by atoms with Crippen molar-refractivity contribution in [3.8, 4) is 17.1 Å². The quantitative estimate of drug-likeness (QED) is 0.520. The molecule has 1 aromatic heterocycles. The Hall–Kier alpha value is -3.75. The molecule has 9 heteroatoms. The number of hydrogen-bond donors (Lipinski definition) is 4. The maximum atomic E-state index is 11.9. The minimum Gasteiger partial charge on any atom is -0.508 e. The average Bonchev–Trinajstić information content (AvgIpc) is 3.17. The summed E-state index contributed by atoms with van der Waals surface area (Å²) in [5, 5.41) is 28.1. The second kappa shape index (κ2) is 7.88. The predicted octanol–water partition coefficient (Wildman–Crippen LogP) is 0.870. The molecule has 0 bridgehead atoms. The Morgan fingerprint density at radius 3 is 2.38 bits per heavy atom. The second-order valence-corrected chi connectivity index (χ2v) is 5.48. The number of aromatic hydroxyl groups is 1. The van der Waals surface area contributed by atoms with E-state index in [-0.39, 0.29) is 30.5 Å². The molecule has 2 aromatic carbocycles. The van der Waals surface area contributed by atoms with Gasteiger partial charge in [-0.05, 0) is 47.2 Å². The molecule has 1 heterocycles. The van der Waals surface area contributed by atoms with E-state index in [1.54, 1.807) is 36.4 Å². The van der Waals surface area contributed by atoms with Crippen LogP contribution in [0, 0.1) is 0 Å². The number of H-pyrrole nitrogens is 1. The molecule has 2 amide bonds. The highest BCUT2D eigenvalue weighted by molar-refractivity contribution is 5.94. The topological polar surface area (TPSA) is 133 Å². The largest absolute Gasteiger partial charge is 0.508 e. The van der Waals surface area contributed by atoms with Crippen molar-refractivity contribution in [1.82, 2.24) is 25.9 Å². The number of rotatable bonds is 6. The zero-order valence-electron chi connectivity index (χ0n) is 13.6. The summed E-state index contributed by atoms with van der Waals surface area (Å²) in [4.78, 5) is 23.8. The van der Waals surface area contributed by atoms with Gasteiger partial charge in [-0.1, -0.05) is 12.1 Å². The van der Waals surface area contributed by atoms with Crippen LogP contribution in [-0.2, 0) is 16.0 Å². The van der Waals surface area contributed by atoms with E-state index in [2.05, 4.69) is 31.3 Å². The lowest BCUT2D eigenvalue weighted by molar-refractivity contribution is -0.123. The molecule has 0 fully saturated rings. The van der Waals surface area contributed by atoms with Gasteiger partial charge in [0.1, 0.15) is 5.75 Å². The zero-order chi connectivity index (χ0) is 18.4. The van der Waals surface area contributed by atoms with Crippen molar-refractivity contribution in [3.63, 3.8) is 0 Å². The van der Waals surface area contributed by atoms with E-state index in [0.717, 1.165) is 11.1 Å². The summed E-state index contributed by atoms with van der Waals surface area (Å²) in [6, 6.07) is 13.2. The molecule has 0 saturated heterocycles. The lowest BCUT2D eigenvalue weighted by Crippen LogP contribution is -2.33. The van der Waals surface area contributed by atoms with Crippen LogP contribution in [0.5, 0.6) is 5.75 Å². The number of aromatic nitrogens is 4. The van der Waals surface area contributed by atoms with Crippen LogP contribution in [0.25, 0.3) is 11.4 Å². The van der Waals surface area contributed by atoms with Crippen LogP contribution in [0.2, 0.25) is 0 Å². The zero-order valence-corrected chi connectivity index (χ0v) is 13.6. The van der Waals surface area contributed by atoms with E-state index < -0.39 is 0 Å². The van der Waals surface area contributed by atoms with Crippen LogP contribution in [0.1, 0.15) is 5.56 Å². The highest BCUT2D eigenvalue weighted by Gasteiger charge is 2.08. The second-order valence-electron chi connectivity index (χ2n) is 5.48. The van der Waals surface area contributed by atoms with Gasteiger partial charge in [-0.2, -0.15) is 5.21 Å². The van der Waals surface area contributed by atoms with Crippen LogP contribution in [0.4, 0.5) is 5.69 Å². The molecular weight excluding hydrogens is 336 g/mol. The minimum atomic E-state index is -0.337. The predicted molar refractivity (Wildman–Crippen MR) is 93.1 cm³/mol. The average molecular weight is 352 g/mol. The summed E-state index contributed by atoms with van der Waals surface area (Å²) in [6.07, 6.45) is 0.132. The first kappa shape index (κ1) is 17.1. The van der Waals surface area contributed by atoms with Gasteiger partial charge in [0.05, 0.1) is 13.0 Å². The number of aromatic amines is 1. The number of nitrogens with one attached hydrogen (secondary N) is 3. The summed E-state index contributed by atoms with van der Waals surface area (Å²) in [5.74, 6) is -0.0158. The molecule has 0 aliphatic rings. The summed E-state index contributed by atoms with van der Waals surface area (Å²) in [6.45, 7) is -0.135. The van der Waals surface area contributed by atoms with Gasteiger partial charge in [-0.15, -0.1) is 10.2 Å². The number of amides is 2. The lowest BCUT2D eigenvalue weighted by Gasteiger charge is -2.07. The van der Waals surface area contributed by atoms with E-state index in [1.165, 1.54) is 12.1 Å². The number of benzene rings is 2. The van der Waals surface area contributed by atoms with Gasteiger partial charge in [0.25, 0.3) is 0 Å². The monoisotopic (exact) mass is 352 g/mol. The SMILES string of the molecule is O=C(Cc1ccc(O)cc1)NCC(=O)Nc1ccc(-c2nn[nH]n2)cc1. The summed E-state index contributed by atoms with van der Waals surface area (Å²) < 4.78 is 0. The van der Waals surface area contributed by atoms with Gasteiger partial charge in [0, 0.05) is 11.3 Å². The Labute approximate surface area is 148 Å². The first-order valence-electron chi connectivity index (χ1n) is 7.78. The van der Waals surface area contributed by atoms with Crippen molar-refractivity contribution in [2.45, 2.75) is 6.42 Å². The van der Waals surface area contributed by atoms with E-state index in [4.69, 9.17) is 0 Å². The number of phenols is 1. The molecule has 26 heavy (non-hydrogen) atoms. The Bertz CT molecular complexity index is 876. The lowest BCUT2D eigenvalue weighted by atomic mass is 10.1. The van der Waals surface area contributed by atoms with Crippen molar-refractivity contribution >= 4 is 17.5 Å². The Morgan fingerprint density at radius 1 is 1.00 bits per heavy atom. The molecule has 0 unspecified atom stereocenters. The highest BCUT2D eigenvalue weighted by atomic mass is 16.3. The van der Waals surface area contributed by atoms with Gasteiger partial charge >= 0.3 is 0 Å². The van der Waals surface area contributed by atoms with Crippen molar-refractivity contribution in [3.05, 3.63) is 54.1 Å². The minimum absolute atomic E-state index is 0.132. The molecule has 0 aliphatic carbocycles. The number of carbonyl (C=O) groups is 2.